The van der Waals surface area contributed by atoms with E-state index in [0.717, 1.165) is 55.7 Å². The molecule has 0 aliphatic carbocycles. The molecular formula is C55H38N2O. The van der Waals surface area contributed by atoms with Crippen LogP contribution in [0.2, 0.25) is 0 Å². The molecule has 0 fully saturated rings. The summed E-state index contributed by atoms with van der Waals surface area (Å²) in [4.78, 5) is 2.38. The summed E-state index contributed by atoms with van der Waals surface area (Å²) in [5, 5.41) is 4.62. The van der Waals surface area contributed by atoms with Crippen LogP contribution in [0.15, 0.2) is 217 Å². The van der Waals surface area contributed by atoms with E-state index in [4.69, 9.17) is 4.42 Å². The summed E-state index contributed by atoms with van der Waals surface area (Å²) in [5.74, 6) is 0. The van der Waals surface area contributed by atoms with Gasteiger partial charge in [-0.05, 0) is 95.4 Å². The number of anilines is 3. The van der Waals surface area contributed by atoms with Crippen LogP contribution in [0.3, 0.4) is 0 Å². The Hall–Kier alpha value is -7.62. The largest absolute Gasteiger partial charge is 0.456 e. The van der Waals surface area contributed by atoms with Crippen LogP contribution < -0.4 is 4.90 Å². The van der Waals surface area contributed by atoms with E-state index in [0.29, 0.717) is 0 Å². The summed E-state index contributed by atoms with van der Waals surface area (Å²) in [7, 11) is 0. The van der Waals surface area contributed by atoms with Gasteiger partial charge in [0, 0.05) is 44.2 Å². The smallest absolute Gasteiger partial charge is 0.135 e. The number of hydrogen-bond acceptors (Lipinski definition) is 2. The van der Waals surface area contributed by atoms with Crippen molar-refractivity contribution >= 4 is 60.8 Å². The van der Waals surface area contributed by atoms with Crippen molar-refractivity contribution in [3.05, 3.63) is 218 Å². The van der Waals surface area contributed by atoms with Crippen molar-refractivity contribution in [1.29, 1.82) is 0 Å². The number of hydrogen-bond donors (Lipinski definition) is 0. The second-order valence-electron chi connectivity index (χ2n) is 15.0. The highest BCUT2D eigenvalue weighted by Gasteiger charge is 2.22. The van der Waals surface area contributed by atoms with Gasteiger partial charge >= 0.3 is 0 Å². The molecule has 0 amide bonds. The second-order valence-corrected chi connectivity index (χ2v) is 15.0. The first-order valence-corrected chi connectivity index (χ1v) is 19.8. The van der Waals surface area contributed by atoms with Gasteiger partial charge in [-0.25, -0.2) is 0 Å². The van der Waals surface area contributed by atoms with E-state index in [-0.39, 0.29) is 0 Å². The topological polar surface area (TPSA) is 21.3 Å². The van der Waals surface area contributed by atoms with Crippen molar-refractivity contribution in [2.24, 2.45) is 0 Å². The average molecular weight is 743 g/mol. The Morgan fingerprint density at radius 3 is 1.74 bits per heavy atom. The van der Waals surface area contributed by atoms with Crippen molar-refractivity contribution in [2.45, 2.75) is 6.92 Å². The molecule has 2 heterocycles. The number of aromatic nitrogens is 1. The highest BCUT2D eigenvalue weighted by Crippen LogP contribution is 2.44. The minimum absolute atomic E-state index is 0.877. The third kappa shape index (κ3) is 5.67. The molecule has 0 atom stereocenters. The Morgan fingerprint density at radius 1 is 0.379 bits per heavy atom. The predicted octanol–water partition coefficient (Wildman–Crippen LogP) is 15.5. The van der Waals surface area contributed by atoms with Crippen LogP contribution in [-0.2, 0) is 0 Å². The molecule has 11 aromatic rings. The molecule has 274 valence electrons. The van der Waals surface area contributed by atoms with Gasteiger partial charge in [-0.3, -0.25) is 0 Å². The lowest BCUT2D eigenvalue weighted by atomic mass is 9.93. The van der Waals surface area contributed by atoms with E-state index < -0.39 is 0 Å². The van der Waals surface area contributed by atoms with Gasteiger partial charge in [0.05, 0.1) is 16.7 Å². The number of para-hydroxylation sites is 2. The van der Waals surface area contributed by atoms with Crippen LogP contribution in [0.5, 0.6) is 0 Å². The molecule has 0 unspecified atom stereocenters. The number of benzene rings is 9. The lowest BCUT2D eigenvalue weighted by molar-refractivity contribution is 0.669. The maximum absolute atomic E-state index is 6.30. The minimum Gasteiger partial charge on any atom is -0.456 e. The highest BCUT2D eigenvalue weighted by atomic mass is 16.3. The van der Waals surface area contributed by atoms with E-state index in [1.54, 1.807) is 0 Å². The summed E-state index contributed by atoms with van der Waals surface area (Å²) < 4.78 is 8.76. The van der Waals surface area contributed by atoms with Crippen molar-refractivity contribution in [3.63, 3.8) is 0 Å². The Bertz CT molecular complexity index is 3270. The maximum Gasteiger partial charge on any atom is 0.135 e. The summed E-state index contributed by atoms with van der Waals surface area (Å²) in [6.45, 7) is 2.13. The summed E-state index contributed by atoms with van der Waals surface area (Å²) in [6, 6.07) is 76.5. The Kier molecular flexibility index (Phi) is 8.04. The van der Waals surface area contributed by atoms with E-state index in [2.05, 4.69) is 217 Å². The Balaban J connectivity index is 1.16. The first-order valence-electron chi connectivity index (χ1n) is 19.8. The second kappa shape index (κ2) is 13.8. The summed E-state index contributed by atoms with van der Waals surface area (Å²) in [6.07, 6.45) is 0. The predicted molar refractivity (Wildman–Crippen MR) is 244 cm³/mol. The molecule has 3 heteroatoms. The van der Waals surface area contributed by atoms with Gasteiger partial charge < -0.3 is 13.9 Å². The molecule has 9 aromatic carbocycles. The molecule has 3 nitrogen and oxygen atoms in total. The maximum atomic E-state index is 6.30. The lowest BCUT2D eigenvalue weighted by Crippen LogP contribution is -2.10. The Morgan fingerprint density at radius 2 is 0.966 bits per heavy atom. The van der Waals surface area contributed by atoms with E-state index in [9.17, 15) is 0 Å². The molecule has 0 saturated carbocycles. The minimum atomic E-state index is 0.877. The average Bonchev–Trinajstić information content (AvgIpc) is 3.82. The number of nitrogens with zero attached hydrogens (tertiary/aromatic N) is 2. The standard InChI is InChI=1S/C55H38N2O/c1-37-23-25-38(26-24-37)39-27-29-42(30-28-39)56(43-32-34-54-49(35-43)48-18-9-11-22-53(48)58-54)44-31-33-47-46-17-8-10-20-50(46)57(52(47)36-44)51-21-12-19-45(40-13-4-2-5-14-40)55(51)41-15-6-3-7-16-41/h2-36H,1H3. The zero-order valence-corrected chi connectivity index (χ0v) is 32.0. The molecule has 0 saturated heterocycles. The normalized spacial score (nSPS) is 11.5. The third-order valence-corrected chi connectivity index (χ3v) is 11.5. The van der Waals surface area contributed by atoms with Crippen LogP contribution in [0, 0.1) is 6.92 Å². The molecule has 0 N–H and O–H groups in total. The fourth-order valence-electron chi connectivity index (χ4n) is 8.70. The van der Waals surface area contributed by atoms with Gasteiger partial charge in [-0.15, -0.1) is 0 Å². The SMILES string of the molecule is Cc1ccc(-c2ccc(N(c3ccc4oc5ccccc5c4c3)c3ccc4c5ccccc5n(-c5cccc(-c6ccccc6)c5-c5ccccc5)c4c3)cc2)cc1. The van der Waals surface area contributed by atoms with E-state index in [1.165, 1.54) is 49.7 Å². The van der Waals surface area contributed by atoms with Crippen molar-refractivity contribution in [1.82, 2.24) is 4.57 Å². The monoisotopic (exact) mass is 742 g/mol. The molecular weight excluding hydrogens is 705 g/mol. The lowest BCUT2D eigenvalue weighted by Gasteiger charge is -2.26. The van der Waals surface area contributed by atoms with E-state index >= 15 is 0 Å². The number of fused-ring (bicyclic) bond motifs is 6. The zero-order valence-electron chi connectivity index (χ0n) is 32.0. The number of aryl methyl sites for hydroxylation is 1. The highest BCUT2D eigenvalue weighted by molar-refractivity contribution is 6.12. The van der Waals surface area contributed by atoms with Gasteiger partial charge in [-0.2, -0.15) is 0 Å². The van der Waals surface area contributed by atoms with Gasteiger partial charge in [-0.1, -0.05) is 157 Å². The van der Waals surface area contributed by atoms with Crippen LogP contribution in [-0.4, -0.2) is 4.57 Å². The molecule has 0 aliphatic rings. The van der Waals surface area contributed by atoms with Gasteiger partial charge in [0.25, 0.3) is 0 Å². The fourth-order valence-corrected chi connectivity index (χ4v) is 8.70. The van der Waals surface area contributed by atoms with Crippen LogP contribution in [0.1, 0.15) is 5.56 Å². The Labute approximate surface area is 337 Å². The van der Waals surface area contributed by atoms with Gasteiger partial charge in [0.15, 0.2) is 0 Å². The fraction of sp³-hybridized carbons (Fsp3) is 0.0182. The molecule has 0 spiro atoms. The molecule has 2 aromatic heterocycles. The molecule has 0 aliphatic heterocycles. The van der Waals surface area contributed by atoms with E-state index in [1.807, 2.05) is 12.1 Å². The van der Waals surface area contributed by atoms with Crippen molar-refractivity contribution in [3.8, 4) is 39.1 Å². The number of rotatable bonds is 7. The molecule has 58 heavy (non-hydrogen) atoms. The zero-order chi connectivity index (χ0) is 38.6. The first-order chi connectivity index (χ1) is 28.7. The molecule has 0 bridgehead atoms. The van der Waals surface area contributed by atoms with Gasteiger partial charge in [0.2, 0.25) is 0 Å². The van der Waals surface area contributed by atoms with Gasteiger partial charge in [0.1, 0.15) is 11.2 Å². The van der Waals surface area contributed by atoms with Crippen LogP contribution >= 0.6 is 0 Å². The summed E-state index contributed by atoms with van der Waals surface area (Å²) >= 11 is 0. The van der Waals surface area contributed by atoms with Crippen LogP contribution in [0.25, 0.3) is 82.8 Å². The van der Waals surface area contributed by atoms with Crippen molar-refractivity contribution in [2.75, 3.05) is 4.90 Å². The summed E-state index contributed by atoms with van der Waals surface area (Å²) in [5.41, 5.74) is 16.8. The van der Waals surface area contributed by atoms with Crippen molar-refractivity contribution < 1.29 is 4.42 Å². The molecule has 0 radical (unpaired) electrons. The number of furan rings is 1. The third-order valence-electron chi connectivity index (χ3n) is 11.5. The van der Waals surface area contributed by atoms with Crippen LogP contribution in [0.4, 0.5) is 17.1 Å². The first kappa shape index (κ1) is 33.7. The quantitative estimate of drug-likeness (QED) is 0.162. The molecule has 11 rings (SSSR count).